The third-order valence-electron chi connectivity index (χ3n) is 12.1. The molecule has 0 amide bonds. The Morgan fingerprint density at radius 2 is 0.500 bits per heavy atom. The van der Waals surface area contributed by atoms with E-state index in [1.807, 2.05) is 34.1 Å². The van der Waals surface area contributed by atoms with Crippen molar-refractivity contribution in [1.29, 1.82) is 0 Å². The number of unbranched alkanes of at least 4 members (excludes halogenated alkanes) is 24. The molecule has 10 nitrogen and oxygen atoms in total. The molecule has 4 N–H and O–H groups in total. The highest BCUT2D eigenvalue weighted by atomic mass is 16.5. The average molecular weight is 909 g/mol. The number of ether oxygens (including phenoxy) is 4. The second-order valence-corrected chi connectivity index (χ2v) is 18.7. The molecule has 0 radical (unpaired) electrons. The van der Waals surface area contributed by atoms with Gasteiger partial charge in [-0.05, 0) is 49.9 Å². The van der Waals surface area contributed by atoms with E-state index in [1.54, 1.807) is 0 Å². The molecule has 0 saturated heterocycles. The molecule has 10 heteroatoms. The van der Waals surface area contributed by atoms with Gasteiger partial charge in [0.15, 0.2) is 0 Å². The summed E-state index contributed by atoms with van der Waals surface area (Å²) in [7, 11) is 0. The number of hydrogen-bond donors (Lipinski definition) is 4. The smallest absolute Gasteiger partial charge is 0.0948 e. The van der Waals surface area contributed by atoms with E-state index >= 15 is 0 Å². The lowest BCUT2D eigenvalue weighted by Crippen LogP contribution is -2.42. The van der Waals surface area contributed by atoms with Crippen molar-refractivity contribution in [3.8, 4) is 0 Å². The van der Waals surface area contributed by atoms with E-state index in [-0.39, 0.29) is 26.4 Å². The highest BCUT2D eigenvalue weighted by molar-refractivity contribution is 5.57. The fraction of sp³-hybridized carbons (Fsp3) is 0.889. The molecule has 0 aromatic heterocycles. The maximum atomic E-state index is 11.1. The van der Waals surface area contributed by atoms with Crippen LogP contribution >= 0.6 is 0 Å². The molecule has 0 aliphatic carbocycles. The summed E-state index contributed by atoms with van der Waals surface area (Å²) >= 11 is 0. The summed E-state index contributed by atoms with van der Waals surface area (Å²) in [6, 6.07) is 7.97. The molecule has 4 unspecified atom stereocenters. The van der Waals surface area contributed by atoms with Crippen molar-refractivity contribution in [1.82, 2.24) is 0 Å². The Labute approximate surface area is 394 Å². The predicted octanol–water partition coefficient (Wildman–Crippen LogP) is 11.8. The highest BCUT2D eigenvalue weighted by Crippen LogP contribution is 2.23. The second kappa shape index (κ2) is 45.3. The Morgan fingerprint density at radius 3 is 0.703 bits per heavy atom. The Hall–Kier alpha value is -1.50. The standard InChI is InChI=1S/C54H104N2O8/c1-5-9-13-17-21-25-29-37-61-45-51(57)41-55(42-52(58)46-62-38-30-26-22-18-14-10-6-2)49-33-35-50(36-34-49)56(43-53(59)47-63-39-31-27-23-19-15-11-7-3)44-54(60)48-64-40-32-28-24-20-16-12-8-4/h33-36,51-54,57-60H,5-32,37-48H2,1-4H3. The summed E-state index contributed by atoms with van der Waals surface area (Å²) in [5.74, 6) is 0. The SMILES string of the molecule is CCCCCCCCCOCC(O)CN(CC(O)COCCCCCCCCC)c1ccc(N(CC(O)COCCCCCCCCC)CC(O)COCCCCCCCCC)cc1. The molecule has 0 saturated carbocycles. The first-order chi connectivity index (χ1) is 31.3. The van der Waals surface area contributed by atoms with Gasteiger partial charge in [0.2, 0.25) is 0 Å². The maximum Gasteiger partial charge on any atom is 0.0948 e. The van der Waals surface area contributed by atoms with Crippen molar-refractivity contribution < 1.29 is 39.4 Å². The van der Waals surface area contributed by atoms with E-state index in [0.717, 1.165) is 62.7 Å². The minimum atomic E-state index is -0.728. The van der Waals surface area contributed by atoms with E-state index < -0.39 is 24.4 Å². The van der Waals surface area contributed by atoms with Crippen LogP contribution in [-0.4, -0.2) is 124 Å². The summed E-state index contributed by atoms with van der Waals surface area (Å²) in [5.41, 5.74) is 1.72. The lowest BCUT2D eigenvalue weighted by atomic mass is 10.1. The summed E-state index contributed by atoms with van der Waals surface area (Å²) in [5, 5.41) is 44.6. The van der Waals surface area contributed by atoms with Gasteiger partial charge in [-0.3, -0.25) is 0 Å². The molecular weight excluding hydrogens is 805 g/mol. The van der Waals surface area contributed by atoms with Crippen LogP contribution in [0.25, 0.3) is 0 Å². The van der Waals surface area contributed by atoms with Gasteiger partial charge in [0.1, 0.15) is 0 Å². The van der Waals surface area contributed by atoms with Crippen LogP contribution in [0.4, 0.5) is 11.4 Å². The van der Waals surface area contributed by atoms with Crippen LogP contribution in [-0.2, 0) is 18.9 Å². The number of aliphatic hydroxyl groups is 4. The van der Waals surface area contributed by atoms with Gasteiger partial charge < -0.3 is 49.2 Å². The Bertz CT molecular complexity index is 941. The fourth-order valence-corrected chi connectivity index (χ4v) is 8.20. The largest absolute Gasteiger partial charge is 0.389 e. The molecule has 0 aliphatic rings. The zero-order chi connectivity index (χ0) is 46.6. The lowest BCUT2D eigenvalue weighted by Gasteiger charge is -2.32. The molecule has 1 aromatic rings. The van der Waals surface area contributed by atoms with Crippen molar-refractivity contribution in [2.75, 3.05) is 88.8 Å². The molecule has 64 heavy (non-hydrogen) atoms. The summed E-state index contributed by atoms with van der Waals surface area (Å²) in [6.45, 7) is 13.7. The zero-order valence-electron chi connectivity index (χ0n) is 42.2. The van der Waals surface area contributed by atoms with Crippen LogP contribution in [0.2, 0.25) is 0 Å². The fourth-order valence-electron chi connectivity index (χ4n) is 8.20. The van der Waals surface area contributed by atoms with Crippen molar-refractivity contribution in [2.24, 2.45) is 0 Å². The Morgan fingerprint density at radius 1 is 0.312 bits per heavy atom. The molecule has 0 spiro atoms. The summed E-state index contributed by atoms with van der Waals surface area (Å²) in [6.07, 6.45) is 31.1. The average Bonchev–Trinajstić information content (AvgIpc) is 3.29. The highest BCUT2D eigenvalue weighted by Gasteiger charge is 2.20. The van der Waals surface area contributed by atoms with Crippen molar-refractivity contribution in [2.45, 2.75) is 232 Å². The van der Waals surface area contributed by atoms with E-state index in [1.165, 1.54) is 128 Å². The third-order valence-corrected chi connectivity index (χ3v) is 12.1. The van der Waals surface area contributed by atoms with Gasteiger partial charge in [-0.15, -0.1) is 0 Å². The number of hydrogen-bond acceptors (Lipinski definition) is 10. The third kappa shape index (κ3) is 36.6. The van der Waals surface area contributed by atoms with Gasteiger partial charge in [0.05, 0.1) is 50.8 Å². The second-order valence-electron chi connectivity index (χ2n) is 18.7. The molecule has 1 rings (SSSR count). The number of aliphatic hydroxyl groups excluding tert-OH is 4. The van der Waals surface area contributed by atoms with E-state index in [9.17, 15) is 20.4 Å². The van der Waals surface area contributed by atoms with Crippen LogP contribution in [0.15, 0.2) is 24.3 Å². The van der Waals surface area contributed by atoms with Crippen LogP contribution < -0.4 is 9.80 Å². The Balaban J connectivity index is 2.93. The first kappa shape index (κ1) is 60.5. The van der Waals surface area contributed by atoms with Crippen LogP contribution in [0, 0.1) is 0 Å². The van der Waals surface area contributed by atoms with Gasteiger partial charge in [-0.2, -0.15) is 0 Å². The van der Waals surface area contributed by atoms with Crippen molar-refractivity contribution in [3.63, 3.8) is 0 Å². The van der Waals surface area contributed by atoms with Crippen molar-refractivity contribution in [3.05, 3.63) is 24.3 Å². The monoisotopic (exact) mass is 909 g/mol. The molecule has 1 aromatic carbocycles. The van der Waals surface area contributed by atoms with E-state index in [4.69, 9.17) is 18.9 Å². The Kier molecular flexibility index (Phi) is 42.8. The van der Waals surface area contributed by atoms with Crippen LogP contribution in [0.1, 0.15) is 207 Å². The number of anilines is 2. The minimum Gasteiger partial charge on any atom is -0.389 e. The lowest BCUT2D eigenvalue weighted by molar-refractivity contribution is 0.0282. The molecule has 0 bridgehead atoms. The van der Waals surface area contributed by atoms with Gasteiger partial charge >= 0.3 is 0 Å². The molecule has 378 valence electrons. The molecule has 0 aliphatic heterocycles. The quantitative estimate of drug-likeness (QED) is 0.0470. The van der Waals surface area contributed by atoms with Gasteiger partial charge in [0, 0.05) is 64.0 Å². The minimum absolute atomic E-state index is 0.237. The number of rotatable bonds is 50. The molecule has 0 fully saturated rings. The molecule has 0 heterocycles. The predicted molar refractivity (Wildman–Crippen MR) is 270 cm³/mol. The first-order valence-electron chi connectivity index (χ1n) is 27.0. The van der Waals surface area contributed by atoms with Gasteiger partial charge in [-0.1, -0.05) is 182 Å². The summed E-state index contributed by atoms with van der Waals surface area (Å²) < 4.78 is 23.7. The van der Waals surface area contributed by atoms with Crippen molar-refractivity contribution >= 4 is 11.4 Å². The van der Waals surface area contributed by atoms with Crippen LogP contribution in [0.5, 0.6) is 0 Å². The van der Waals surface area contributed by atoms with Crippen LogP contribution in [0.3, 0.4) is 0 Å². The number of benzene rings is 1. The topological polar surface area (TPSA) is 124 Å². The zero-order valence-corrected chi connectivity index (χ0v) is 42.2. The molecular formula is C54H104N2O8. The first-order valence-corrected chi connectivity index (χ1v) is 27.0. The van der Waals surface area contributed by atoms with Gasteiger partial charge in [-0.25, -0.2) is 0 Å². The number of nitrogens with zero attached hydrogens (tertiary/aromatic N) is 2. The summed E-state index contributed by atoms with van der Waals surface area (Å²) in [4.78, 5) is 4.02. The van der Waals surface area contributed by atoms with E-state index in [2.05, 4.69) is 27.7 Å². The van der Waals surface area contributed by atoms with Gasteiger partial charge in [0.25, 0.3) is 0 Å². The maximum absolute atomic E-state index is 11.1. The van der Waals surface area contributed by atoms with E-state index in [0.29, 0.717) is 52.6 Å². The normalized spacial score (nSPS) is 13.6. The molecule has 4 atom stereocenters.